The van der Waals surface area contributed by atoms with Crippen molar-refractivity contribution >= 4 is 5.91 Å². The Morgan fingerprint density at radius 1 is 1.17 bits per heavy atom. The van der Waals surface area contributed by atoms with Gasteiger partial charge in [0.1, 0.15) is 0 Å². The van der Waals surface area contributed by atoms with Crippen molar-refractivity contribution in [1.82, 2.24) is 10.6 Å². The molecule has 1 aromatic rings. The average molecular weight is 324 g/mol. The van der Waals surface area contributed by atoms with E-state index < -0.39 is 0 Å². The second-order valence-corrected chi connectivity index (χ2v) is 8.09. The molecule has 4 rings (SSSR count). The van der Waals surface area contributed by atoms with Gasteiger partial charge in [0.05, 0.1) is 5.41 Å². The van der Waals surface area contributed by atoms with Crippen LogP contribution in [0.15, 0.2) is 42.5 Å². The summed E-state index contributed by atoms with van der Waals surface area (Å²) in [4.78, 5) is 12.0. The Morgan fingerprint density at radius 2 is 2.00 bits per heavy atom. The SMILES string of the molecule is O=C1NCCC12CC(NCC1(Cc3ccccc3)C=CCCC1)C2. The standard InChI is InChI=1S/C21H28N2O/c24-19-21(11-12-22-19)14-18(15-21)23-16-20(9-5-2-6-10-20)13-17-7-3-1-4-8-17/h1,3-5,7-9,18,23H,2,6,10-16H2,(H,22,24). The van der Waals surface area contributed by atoms with Crippen molar-refractivity contribution in [3.63, 3.8) is 0 Å². The molecule has 2 N–H and O–H groups in total. The molecule has 2 fully saturated rings. The van der Waals surface area contributed by atoms with Crippen LogP contribution in [0.5, 0.6) is 0 Å². The number of carbonyl (C=O) groups excluding carboxylic acids is 1. The van der Waals surface area contributed by atoms with Gasteiger partial charge in [0.25, 0.3) is 0 Å². The fourth-order valence-electron chi connectivity index (χ4n) is 4.83. The Hall–Kier alpha value is -1.61. The Morgan fingerprint density at radius 3 is 2.67 bits per heavy atom. The number of hydrogen-bond acceptors (Lipinski definition) is 2. The highest BCUT2D eigenvalue weighted by molar-refractivity contribution is 5.85. The Bertz CT molecular complexity index is 618. The summed E-state index contributed by atoms with van der Waals surface area (Å²) in [5.74, 6) is 0.289. The van der Waals surface area contributed by atoms with Crippen molar-refractivity contribution in [2.75, 3.05) is 13.1 Å². The van der Waals surface area contributed by atoms with Crippen LogP contribution in [0.4, 0.5) is 0 Å². The minimum absolute atomic E-state index is 0.0351. The van der Waals surface area contributed by atoms with Gasteiger partial charge in [0, 0.05) is 24.5 Å². The van der Waals surface area contributed by atoms with Gasteiger partial charge in [-0.25, -0.2) is 0 Å². The molecule has 0 aromatic heterocycles. The van der Waals surface area contributed by atoms with E-state index in [0.717, 1.165) is 38.8 Å². The van der Waals surface area contributed by atoms with Gasteiger partial charge in [-0.1, -0.05) is 42.5 Å². The van der Waals surface area contributed by atoms with Crippen molar-refractivity contribution in [1.29, 1.82) is 0 Å². The van der Waals surface area contributed by atoms with Gasteiger partial charge in [0.15, 0.2) is 0 Å². The van der Waals surface area contributed by atoms with E-state index in [1.807, 2.05) is 0 Å². The summed E-state index contributed by atoms with van der Waals surface area (Å²) < 4.78 is 0. The number of nitrogens with one attached hydrogen (secondary N) is 2. The summed E-state index contributed by atoms with van der Waals surface area (Å²) in [6.45, 7) is 1.90. The summed E-state index contributed by atoms with van der Waals surface area (Å²) in [7, 11) is 0. The van der Waals surface area contributed by atoms with Gasteiger partial charge in [-0.15, -0.1) is 0 Å². The van der Waals surface area contributed by atoms with Crippen LogP contribution in [0.3, 0.4) is 0 Å². The van der Waals surface area contributed by atoms with Crippen molar-refractivity contribution in [3.05, 3.63) is 48.0 Å². The van der Waals surface area contributed by atoms with Crippen molar-refractivity contribution in [3.8, 4) is 0 Å². The molecule has 2 aliphatic carbocycles. The second-order valence-electron chi connectivity index (χ2n) is 8.09. The summed E-state index contributed by atoms with van der Waals surface area (Å²) in [6, 6.07) is 11.4. The molecule has 0 radical (unpaired) electrons. The summed E-state index contributed by atoms with van der Waals surface area (Å²) in [6.07, 6.45) is 12.7. The number of rotatable bonds is 5. The highest BCUT2D eigenvalue weighted by atomic mass is 16.2. The molecule has 1 saturated carbocycles. The predicted octanol–water partition coefficient (Wildman–Crippen LogP) is 3.21. The zero-order chi connectivity index (χ0) is 16.5. The van der Waals surface area contributed by atoms with Gasteiger partial charge >= 0.3 is 0 Å². The molecule has 3 nitrogen and oxygen atoms in total. The number of allylic oxidation sites excluding steroid dienone is 1. The van der Waals surface area contributed by atoms with Gasteiger partial charge in [-0.2, -0.15) is 0 Å². The van der Waals surface area contributed by atoms with Crippen LogP contribution >= 0.6 is 0 Å². The van der Waals surface area contributed by atoms with Crippen molar-refractivity contribution < 1.29 is 4.79 Å². The van der Waals surface area contributed by atoms with E-state index in [-0.39, 0.29) is 16.7 Å². The molecule has 24 heavy (non-hydrogen) atoms. The summed E-state index contributed by atoms with van der Waals surface area (Å²) >= 11 is 0. The van der Waals surface area contributed by atoms with E-state index in [2.05, 4.69) is 53.1 Å². The minimum atomic E-state index is -0.0351. The molecule has 128 valence electrons. The van der Waals surface area contributed by atoms with Crippen LogP contribution < -0.4 is 10.6 Å². The smallest absolute Gasteiger partial charge is 0.226 e. The third kappa shape index (κ3) is 3.02. The first-order valence-electron chi connectivity index (χ1n) is 9.43. The van der Waals surface area contributed by atoms with Crippen molar-refractivity contribution in [2.24, 2.45) is 10.8 Å². The molecule has 1 saturated heterocycles. The Kier molecular flexibility index (Phi) is 4.21. The van der Waals surface area contributed by atoms with E-state index in [0.29, 0.717) is 6.04 Å². The van der Waals surface area contributed by atoms with Crippen LogP contribution in [0.2, 0.25) is 0 Å². The molecule has 0 bridgehead atoms. The normalized spacial score (nSPS) is 35.0. The third-order valence-electron chi connectivity index (χ3n) is 6.30. The van der Waals surface area contributed by atoms with Gasteiger partial charge < -0.3 is 10.6 Å². The highest BCUT2D eigenvalue weighted by Crippen LogP contribution is 2.47. The molecule has 1 aliphatic heterocycles. The van der Waals surface area contributed by atoms with E-state index >= 15 is 0 Å². The van der Waals surface area contributed by atoms with Crippen LogP contribution in [0.1, 0.15) is 44.1 Å². The van der Waals surface area contributed by atoms with E-state index in [9.17, 15) is 4.79 Å². The lowest BCUT2D eigenvalue weighted by molar-refractivity contribution is -0.133. The van der Waals surface area contributed by atoms with E-state index in [1.165, 1.54) is 24.8 Å². The van der Waals surface area contributed by atoms with Gasteiger partial charge in [0.2, 0.25) is 5.91 Å². The fraction of sp³-hybridized carbons (Fsp3) is 0.571. The molecular weight excluding hydrogens is 296 g/mol. The largest absolute Gasteiger partial charge is 0.356 e. The van der Waals surface area contributed by atoms with Gasteiger partial charge in [-0.05, 0) is 50.5 Å². The third-order valence-corrected chi connectivity index (χ3v) is 6.30. The lowest BCUT2D eigenvalue weighted by Gasteiger charge is -2.45. The first-order chi connectivity index (χ1) is 11.7. The predicted molar refractivity (Wildman–Crippen MR) is 96.7 cm³/mol. The minimum Gasteiger partial charge on any atom is -0.356 e. The summed E-state index contributed by atoms with van der Waals surface area (Å²) in [5, 5.41) is 6.79. The van der Waals surface area contributed by atoms with Gasteiger partial charge in [-0.3, -0.25) is 4.79 Å². The number of amides is 1. The van der Waals surface area contributed by atoms with E-state index in [1.54, 1.807) is 0 Å². The molecule has 1 unspecified atom stereocenters. The monoisotopic (exact) mass is 324 g/mol. The maximum absolute atomic E-state index is 12.0. The molecular formula is C21H28N2O. The second kappa shape index (κ2) is 6.36. The zero-order valence-electron chi connectivity index (χ0n) is 14.4. The molecule has 1 atom stereocenters. The maximum Gasteiger partial charge on any atom is 0.226 e. The quantitative estimate of drug-likeness (QED) is 0.817. The van der Waals surface area contributed by atoms with Crippen LogP contribution in [0.25, 0.3) is 0 Å². The van der Waals surface area contributed by atoms with Crippen LogP contribution in [0, 0.1) is 10.8 Å². The lowest BCUT2D eigenvalue weighted by Crippen LogP contribution is -2.54. The van der Waals surface area contributed by atoms with Crippen molar-refractivity contribution in [2.45, 2.75) is 51.0 Å². The molecule has 1 spiro atoms. The number of carbonyl (C=O) groups is 1. The first-order valence-corrected chi connectivity index (χ1v) is 9.43. The average Bonchev–Trinajstić information content (AvgIpc) is 2.95. The Balaban J connectivity index is 1.38. The topological polar surface area (TPSA) is 41.1 Å². The maximum atomic E-state index is 12.0. The number of hydrogen-bond donors (Lipinski definition) is 2. The van der Waals surface area contributed by atoms with E-state index in [4.69, 9.17) is 0 Å². The molecule has 3 aliphatic rings. The van der Waals surface area contributed by atoms with Crippen LogP contribution in [-0.4, -0.2) is 25.0 Å². The fourth-order valence-corrected chi connectivity index (χ4v) is 4.83. The zero-order valence-corrected chi connectivity index (χ0v) is 14.4. The summed E-state index contributed by atoms with van der Waals surface area (Å²) in [5.41, 5.74) is 1.62. The molecule has 1 amide bonds. The number of benzene rings is 1. The lowest BCUT2D eigenvalue weighted by atomic mass is 9.64. The molecule has 3 heteroatoms. The highest BCUT2D eigenvalue weighted by Gasteiger charge is 2.52. The first kappa shape index (κ1) is 15.9. The van der Waals surface area contributed by atoms with Crippen LogP contribution in [-0.2, 0) is 11.2 Å². The molecule has 1 heterocycles. The molecule has 1 aromatic carbocycles. The Labute approximate surface area is 144 Å².